The zero-order chi connectivity index (χ0) is 21.3. The van der Waals surface area contributed by atoms with Crippen LogP contribution in [-0.4, -0.2) is 53.7 Å². The number of carbonyl (C=O) groups is 1. The number of sulfone groups is 1. The molecule has 2 atom stereocenters. The van der Waals surface area contributed by atoms with E-state index < -0.39 is 9.84 Å². The number of benzene rings is 2. The van der Waals surface area contributed by atoms with E-state index in [0.717, 1.165) is 5.56 Å². The Kier molecular flexibility index (Phi) is 6.18. The predicted molar refractivity (Wildman–Crippen MR) is 118 cm³/mol. The predicted octanol–water partition coefficient (Wildman–Crippen LogP) is 3.36. The van der Waals surface area contributed by atoms with Crippen molar-refractivity contribution in [3.05, 3.63) is 70.5 Å². The van der Waals surface area contributed by atoms with Crippen LogP contribution >= 0.6 is 23.4 Å². The van der Waals surface area contributed by atoms with Crippen LogP contribution in [0.3, 0.4) is 0 Å². The molecule has 2 fully saturated rings. The summed E-state index contributed by atoms with van der Waals surface area (Å²) in [5, 5.41) is 0.940. The third kappa shape index (κ3) is 4.87. The van der Waals surface area contributed by atoms with Crippen LogP contribution in [0.2, 0.25) is 5.02 Å². The minimum Gasteiger partial charge on any atom is -0.346 e. The third-order valence-corrected chi connectivity index (χ3v) is 8.87. The molecular weight excluding hydrogens is 447 g/mol. The molecule has 2 saturated heterocycles. The standard InChI is InChI=1S/C21H20ClFN2O3S2/c22-17-4-2-1-3-15(17)11-20(26)24-21-25(10-9-14-5-7-16(23)8-6-14)18-12-30(27,28)13-19(18)29-21/h1-8,18-19H,9-13H2. The first-order valence-corrected chi connectivity index (χ1v) is 12.6. The van der Waals surface area contributed by atoms with Gasteiger partial charge in [0.05, 0.1) is 24.0 Å². The van der Waals surface area contributed by atoms with E-state index in [2.05, 4.69) is 4.99 Å². The molecule has 4 rings (SSSR count). The molecule has 0 spiro atoms. The van der Waals surface area contributed by atoms with Crippen molar-refractivity contribution in [2.45, 2.75) is 24.1 Å². The Morgan fingerprint density at radius 2 is 1.90 bits per heavy atom. The van der Waals surface area contributed by atoms with Crippen molar-refractivity contribution >= 4 is 44.3 Å². The van der Waals surface area contributed by atoms with Crippen LogP contribution in [-0.2, 0) is 27.5 Å². The Morgan fingerprint density at radius 1 is 1.17 bits per heavy atom. The van der Waals surface area contributed by atoms with Gasteiger partial charge < -0.3 is 4.90 Å². The molecule has 5 nitrogen and oxygen atoms in total. The number of hydrogen-bond acceptors (Lipinski definition) is 4. The fourth-order valence-electron chi connectivity index (χ4n) is 3.75. The second kappa shape index (κ2) is 8.69. The monoisotopic (exact) mass is 466 g/mol. The highest BCUT2D eigenvalue weighted by Crippen LogP contribution is 2.38. The Morgan fingerprint density at radius 3 is 2.63 bits per heavy atom. The SMILES string of the molecule is O=C(Cc1ccccc1Cl)N=C1SC2CS(=O)(=O)CC2N1CCc1ccc(F)cc1. The molecule has 0 aliphatic carbocycles. The van der Waals surface area contributed by atoms with Crippen LogP contribution < -0.4 is 0 Å². The lowest BCUT2D eigenvalue weighted by atomic mass is 10.1. The number of hydrogen-bond donors (Lipinski definition) is 0. The number of rotatable bonds is 5. The maximum Gasteiger partial charge on any atom is 0.252 e. The smallest absolute Gasteiger partial charge is 0.252 e. The zero-order valence-electron chi connectivity index (χ0n) is 16.0. The molecule has 0 bridgehead atoms. The van der Waals surface area contributed by atoms with Gasteiger partial charge in [-0.25, -0.2) is 12.8 Å². The van der Waals surface area contributed by atoms with Gasteiger partial charge >= 0.3 is 0 Å². The highest BCUT2D eigenvalue weighted by Gasteiger charge is 2.48. The van der Waals surface area contributed by atoms with Crippen molar-refractivity contribution in [3.8, 4) is 0 Å². The van der Waals surface area contributed by atoms with Crippen LogP contribution in [0.4, 0.5) is 4.39 Å². The number of amidine groups is 1. The van der Waals surface area contributed by atoms with Gasteiger partial charge in [-0.1, -0.05) is 53.7 Å². The van der Waals surface area contributed by atoms with Crippen LogP contribution in [0.25, 0.3) is 0 Å². The normalized spacial score (nSPS) is 23.7. The first-order chi connectivity index (χ1) is 14.3. The van der Waals surface area contributed by atoms with Crippen molar-refractivity contribution < 1.29 is 17.6 Å². The number of nitrogens with zero attached hydrogens (tertiary/aromatic N) is 2. The van der Waals surface area contributed by atoms with E-state index in [1.54, 1.807) is 30.3 Å². The van der Waals surface area contributed by atoms with Gasteiger partial charge in [0.25, 0.3) is 5.91 Å². The van der Waals surface area contributed by atoms with Gasteiger partial charge in [-0.15, -0.1) is 0 Å². The van der Waals surface area contributed by atoms with E-state index >= 15 is 0 Å². The average molecular weight is 467 g/mol. The van der Waals surface area contributed by atoms with Crippen molar-refractivity contribution in [3.63, 3.8) is 0 Å². The van der Waals surface area contributed by atoms with E-state index in [9.17, 15) is 17.6 Å². The zero-order valence-corrected chi connectivity index (χ0v) is 18.4. The van der Waals surface area contributed by atoms with E-state index in [4.69, 9.17) is 11.6 Å². The fraction of sp³-hybridized carbons (Fsp3) is 0.333. The molecular formula is C21H20ClFN2O3S2. The summed E-state index contributed by atoms with van der Waals surface area (Å²) in [5.41, 5.74) is 1.64. The Hall–Kier alpha value is -1.90. The topological polar surface area (TPSA) is 66.8 Å². The second-order valence-corrected chi connectivity index (χ2v) is 11.2. The summed E-state index contributed by atoms with van der Waals surface area (Å²) in [6.45, 7) is 0.507. The van der Waals surface area contributed by atoms with Crippen molar-refractivity contribution in [2.75, 3.05) is 18.1 Å². The second-order valence-electron chi connectivity index (χ2n) is 7.43. The summed E-state index contributed by atoms with van der Waals surface area (Å²) >= 11 is 7.50. The average Bonchev–Trinajstić information content (AvgIpc) is 3.14. The van der Waals surface area contributed by atoms with Crippen LogP contribution in [0.5, 0.6) is 0 Å². The Balaban J connectivity index is 1.52. The number of fused-ring (bicyclic) bond motifs is 1. The lowest BCUT2D eigenvalue weighted by molar-refractivity contribution is -0.117. The quantitative estimate of drug-likeness (QED) is 0.676. The maximum atomic E-state index is 13.2. The highest BCUT2D eigenvalue weighted by molar-refractivity contribution is 8.15. The van der Waals surface area contributed by atoms with Gasteiger partial charge in [0.1, 0.15) is 5.82 Å². The third-order valence-electron chi connectivity index (χ3n) is 5.25. The number of amides is 1. The lowest BCUT2D eigenvalue weighted by Crippen LogP contribution is -2.39. The first-order valence-electron chi connectivity index (χ1n) is 9.54. The van der Waals surface area contributed by atoms with Crippen LogP contribution in [0.1, 0.15) is 11.1 Å². The molecule has 1 amide bonds. The molecule has 9 heteroatoms. The Bertz CT molecular complexity index is 1090. The molecule has 2 unspecified atom stereocenters. The fourth-order valence-corrected chi connectivity index (χ4v) is 7.95. The van der Waals surface area contributed by atoms with Gasteiger partial charge in [0.15, 0.2) is 15.0 Å². The lowest BCUT2D eigenvalue weighted by Gasteiger charge is -2.24. The summed E-state index contributed by atoms with van der Waals surface area (Å²) in [6.07, 6.45) is 0.686. The van der Waals surface area contributed by atoms with Gasteiger partial charge in [-0.2, -0.15) is 4.99 Å². The molecule has 158 valence electrons. The van der Waals surface area contributed by atoms with E-state index in [0.29, 0.717) is 28.7 Å². The van der Waals surface area contributed by atoms with Crippen molar-refractivity contribution in [1.29, 1.82) is 0 Å². The van der Waals surface area contributed by atoms with Gasteiger partial charge in [0.2, 0.25) is 0 Å². The summed E-state index contributed by atoms with van der Waals surface area (Å²) in [5.74, 6) is -0.469. The molecule has 2 aromatic carbocycles. The summed E-state index contributed by atoms with van der Waals surface area (Å²) < 4.78 is 37.4. The molecule has 2 heterocycles. The first kappa shape index (κ1) is 21.3. The molecule has 2 aliphatic rings. The summed E-state index contributed by atoms with van der Waals surface area (Å²) in [7, 11) is -3.10. The molecule has 30 heavy (non-hydrogen) atoms. The van der Waals surface area contributed by atoms with Gasteiger partial charge in [0, 0.05) is 16.8 Å². The van der Waals surface area contributed by atoms with Crippen molar-refractivity contribution in [1.82, 2.24) is 4.90 Å². The van der Waals surface area contributed by atoms with Gasteiger partial charge in [-0.3, -0.25) is 4.79 Å². The molecule has 0 saturated carbocycles. The molecule has 0 N–H and O–H groups in total. The number of halogens is 2. The summed E-state index contributed by atoms with van der Waals surface area (Å²) in [4.78, 5) is 18.8. The van der Waals surface area contributed by atoms with Crippen LogP contribution in [0.15, 0.2) is 53.5 Å². The maximum absolute atomic E-state index is 13.2. The largest absolute Gasteiger partial charge is 0.346 e. The highest BCUT2D eigenvalue weighted by atomic mass is 35.5. The van der Waals surface area contributed by atoms with Crippen LogP contribution in [0, 0.1) is 5.82 Å². The van der Waals surface area contributed by atoms with E-state index in [1.165, 1.54) is 23.9 Å². The molecule has 2 aromatic rings. The molecule has 0 aromatic heterocycles. The number of thioether (sulfide) groups is 1. The van der Waals surface area contributed by atoms with E-state index in [-0.39, 0.29) is 40.9 Å². The minimum atomic E-state index is -3.10. The number of carbonyl (C=O) groups excluding carboxylic acids is 1. The minimum absolute atomic E-state index is 0.0613. The number of aliphatic imine (C=N–C) groups is 1. The Labute approximate surface area is 184 Å². The molecule has 2 aliphatic heterocycles. The van der Waals surface area contributed by atoms with Crippen molar-refractivity contribution in [2.24, 2.45) is 4.99 Å². The molecule has 0 radical (unpaired) electrons. The van der Waals surface area contributed by atoms with E-state index in [1.807, 2.05) is 11.0 Å². The van der Waals surface area contributed by atoms with Gasteiger partial charge in [-0.05, 0) is 35.7 Å². The summed E-state index contributed by atoms with van der Waals surface area (Å²) in [6, 6.07) is 13.2.